The van der Waals surface area contributed by atoms with E-state index in [4.69, 9.17) is 5.73 Å². The van der Waals surface area contributed by atoms with Gasteiger partial charge < -0.3 is 16.4 Å². The molecule has 1 amide bonds. The summed E-state index contributed by atoms with van der Waals surface area (Å²) in [6.07, 6.45) is 0. The van der Waals surface area contributed by atoms with Gasteiger partial charge >= 0.3 is 0 Å². The van der Waals surface area contributed by atoms with Crippen LogP contribution in [0.2, 0.25) is 0 Å². The summed E-state index contributed by atoms with van der Waals surface area (Å²) >= 11 is 1.69. The van der Waals surface area contributed by atoms with E-state index >= 15 is 0 Å². The van der Waals surface area contributed by atoms with Crippen molar-refractivity contribution in [1.29, 1.82) is 0 Å². The molecule has 0 radical (unpaired) electrons. The van der Waals surface area contributed by atoms with Gasteiger partial charge in [0.1, 0.15) is 5.01 Å². The number of aromatic nitrogens is 1. The minimum atomic E-state index is -0.422. The van der Waals surface area contributed by atoms with Crippen molar-refractivity contribution in [2.24, 2.45) is 10.7 Å². The molecule has 0 unspecified atom stereocenters. The Bertz CT molecular complexity index is 702. The molecule has 0 saturated carbocycles. The number of hydrogen-bond donors (Lipinski definition) is 3. The highest BCUT2D eigenvalue weighted by Gasteiger charge is 2.05. The van der Waals surface area contributed by atoms with Gasteiger partial charge in [-0.2, -0.15) is 0 Å². The van der Waals surface area contributed by atoms with Gasteiger partial charge in [0.2, 0.25) is 5.91 Å². The Kier molecular flexibility index (Phi) is 6.31. The SMILES string of the molecule is CCNC(=NCc1ccc(C(N)=O)cc1)NCc1nc(C)c(C)s1. The lowest BCUT2D eigenvalue weighted by molar-refractivity contribution is 0.100. The Hall–Kier alpha value is -2.41. The minimum absolute atomic E-state index is 0.422. The van der Waals surface area contributed by atoms with Gasteiger partial charge in [-0.15, -0.1) is 11.3 Å². The Morgan fingerprint density at radius 2 is 1.96 bits per heavy atom. The molecule has 6 nitrogen and oxygen atoms in total. The van der Waals surface area contributed by atoms with Crippen LogP contribution in [0.5, 0.6) is 0 Å². The molecule has 1 heterocycles. The number of carbonyl (C=O) groups is 1. The Labute approximate surface area is 146 Å². The summed E-state index contributed by atoms with van der Waals surface area (Å²) < 4.78 is 0. The van der Waals surface area contributed by atoms with Crippen LogP contribution in [0.4, 0.5) is 0 Å². The maximum atomic E-state index is 11.1. The van der Waals surface area contributed by atoms with E-state index in [2.05, 4.69) is 27.5 Å². The van der Waals surface area contributed by atoms with Crippen LogP contribution in [0.25, 0.3) is 0 Å². The highest BCUT2D eigenvalue weighted by Crippen LogP contribution is 2.15. The average molecular weight is 345 g/mol. The highest BCUT2D eigenvalue weighted by atomic mass is 32.1. The van der Waals surface area contributed by atoms with Crippen LogP contribution >= 0.6 is 11.3 Å². The third-order valence-corrected chi connectivity index (χ3v) is 4.56. The van der Waals surface area contributed by atoms with Crippen molar-refractivity contribution < 1.29 is 4.79 Å². The van der Waals surface area contributed by atoms with Gasteiger partial charge in [0.25, 0.3) is 0 Å². The number of nitrogens with two attached hydrogens (primary N) is 1. The maximum Gasteiger partial charge on any atom is 0.248 e. The number of carbonyl (C=O) groups excluding carboxylic acids is 1. The van der Waals surface area contributed by atoms with Gasteiger partial charge in [-0.3, -0.25) is 4.79 Å². The Morgan fingerprint density at radius 1 is 1.25 bits per heavy atom. The monoisotopic (exact) mass is 345 g/mol. The number of amides is 1. The molecule has 0 bridgehead atoms. The molecule has 1 aromatic carbocycles. The second kappa shape index (κ2) is 8.44. The zero-order valence-electron chi connectivity index (χ0n) is 14.2. The van der Waals surface area contributed by atoms with E-state index in [9.17, 15) is 4.79 Å². The van der Waals surface area contributed by atoms with Crippen molar-refractivity contribution >= 4 is 23.2 Å². The van der Waals surface area contributed by atoms with E-state index in [1.165, 1.54) is 4.88 Å². The fourth-order valence-corrected chi connectivity index (χ4v) is 2.93. The van der Waals surface area contributed by atoms with Gasteiger partial charge in [0, 0.05) is 17.0 Å². The maximum absolute atomic E-state index is 11.1. The molecule has 0 aliphatic carbocycles. The second-order valence-corrected chi connectivity index (χ2v) is 6.65. The molecule has 1 aromatic heterocycles. The number of aryl methyl sites for hydroxylation is 2. The van der Waals surface area contributed by atoms with Gasteiger partial charge in [-0.25, -0.2) is 9.98 Å². The minimum Gasteiger partial charge on any atom is -0.366 e. The number of aliphatic imine (C=N–C) groups is 1. The first-order chi connectivity index (χ1) is 11.5. The number of benzene rings is 1. The third kappa shape index (κ3) is 5.06. The molecular formula is C17H23N5OS. The molecular weight excluding hydrogens is 322 g/mol. The molecule has 24 heavy (non-hydrogen) atoms. The smallest absolute Gasteiger partial charge is 0.248 e. The number of primary amides is 1. The standard InChI is InChI=1S/C17H23N5OS/c1-4-19-17(21-10-15-22-11(2)12(3)24-15)20-9-13-5-7-14(8-6-13)16(18)23/h5-8H,4,9-10H2,1-3H3,(H2,18,23)(H2,19,20,21). The van der Waals surface area contributed by atoms with Crippen LogP contribution in [0.3, 0.4) is 0 Å². The number of thiazole rings is 1. The molecule has 0 aliphatic rings. The zero-order valence-corrected chi connectivity index (χ0v) is 15.0. The summed E-state index contributed by atoms with van der Waals surface area (Å²) in [7, 11) is 0. The van der Waals surface area contributed by atoms with Gasteiger partial charge in [0.15, 0.2) is 5.96 Å². The lowest BCUT2D eigenvalue weighted by Gasteiger charge is -2.10. The fourth-order valence-electron chi connectivity index (χ4n) is 2.06. The van der Waals surface area contributed by atoms with Crippen molar-refractivity contribution in [3.05, 3.63) is 51.0 Å². The molecule has 0 saturated heterocycles. The number of hydrogen-bond acceptors (Lipinski definition) is 4. The molecule has 2 rings (SSSR count). The molecule has 0 aliphatic heterocycles. The molecule has 0 atom stereocenters. The first kappa shape index (κ1) is 17.9. The van der Waals surface area contributed by atoms with Crippen LogP contribution in [0.15, 0.2) is 29.3 Å². The topological polar surface area (TPSA) is 92.4 Å². The van der Waals surface area contributed by atoms with Gasteiger partial charge in [-0.1, -0.05) is 12.1 Å². The van der Waals surface area contributed by atoms with Crippen molar-refractivity contribution in [2.45, 2.75) is 33.9 Å². The fraction of sp³-hybridized carbons (Fsp3) is 0.353. The predicted octanol–water partition coefficient (Wildman–Crippen LogP) is 2.11. The van der Waals surface area contributed by atoms with E-state index in [1.807, 2.05) is 26.0 Å². The molecule has 0 spiro atoms. The van der Waals surface area contributed by atoms with E-state index in [0.29, 0.717) is 18.7 Å². The lowest BCUT2D eigenvalue weighted by atomic mass is 10.1. The lowest BCUT2D eigenvalue weighted by Crippen LogP contribution is -2.36. The highest BCUT2D eigenvalue weighted by molar-refractivity contribution is 7.11. The second-order valence-electron chi connectivity index (χ2n) is 5.36. The number of guanidine groups is 1. The summed E-state index contributed by atoms with van der Waals surface area (Å²) in [4.78, 5) is 21.4. The third-order valence-electron chi connectivity index (χ3n) is 3.48. The van der Waals surface area contributed by atoms with Crippen LogP contribution in [-0.2, 0) is 13.1 Å². The van der Waals surface area contributed by atoms with Crippen LogP contribution < -0.4 is 16.4 Å². The van der Waals surface area contributed by atoms with Gasteiger partial charge in [0.05, 0.1) is 18.8 Å². The van der Waals surface area contributed by atoms with Crippen molar-refractivity contribution in [1.82, 2.24) is 15.6 Å². The van der Waals surface area contributed by atoms with Crippen molar-refractivity contribution in [3.8, 4) is 0 Å². The largest absolute Gasteiger partial charge is 0.366 e. The molecule has 4 N–H and O–H groups in total. The Morgan fingerprint density at radius 3 is 2.50 bits per heavy atom. The van der Waals surface area contributed by atoms with Crippen molar-refractivity contribution in [3.63, 3.8) is 0 Å². The number of nitrogens with one attached hydrogen (secondary N) is 2. The summed E-state index contributed by atoms with van der Waals surface area (Å²) in [5.74, 6) is 0.316. The number of rotatable bonds is 6. The number of nitrogens with zero attached hydrogens (tertiary/aromatic N) is 2. The predicted molar refractivity (Wildman–Crippen MR) is 98.2 cm³/mol. The van der Waals surface area contributed by atoms with E-state index in [0.717, 1.165) is 28.8 Å². The summed E-state index contributed by atoms with van der Waals surface area (Å²) in [5, 5.41) is 7.55. The van der Waals surface area contributed by atoms with E-state index < -0.39 is 5.91 Å². The molecule has 128 valence electrons. The molecule has 0 fully saturated rings. The summed E-state index contributed by atoms with van der Waals surface area (Å²) in [6, 6.07) is 7.16. The van der Waals surface area contributed by atoms with E-state index in [-0.39, 0.29) is 0 Å². The van der Waals surface area contributed by atoms with Crippen LogP contribution in [0, 0.1) is 13.8 Å². The molecule has 2 aromatic rings. The average Bonchev–Trinajstić information content (AvgIpc) is 2.88. The van der Waals surface area contributed by atoms with E-state index in [1.54, 1.807) is 23.5 Å². The quantitative estimate of drug-likeness (QED) is 0.552. The van der Waals surface area contributed by atoms with Crippen molar-refractivity contribution in [2.75, 3.05) is 6.54 Å². The first-order valence-corrected chi connectivity index (χ1v) is 8.65. The van der Waals surface area contributed by atoms with Gasteiger partial charge in [-0.05, 0) is 38.5 Å². The molecule has 7 heteroatoms. The zero-order chi connectivity index (χ0) is 17.5. The summed E-state index contributed by atoms with van der Waals surface area (Å²) in [5.41, 5.74) is 7.83. The first-order valence-electron chi connectivity index (χ1n) is 7.83. The van der Waals surface area contributed by atoms with Crippen LogP contribution in [-0.4, -0.2) is 23.4 Å². The van der Waals surface area contributed by atoms with Crippen LogP contribution in [0.1, 0.15) is 38.4 Å². The Balaban J connectivity index is 1.97. The normalized spacial score (nSPS) is 11.4. The summed E-state index contributed by atoms with van der Waals surface area (Å²) in [6.45, 7) is 8.06.